The lowest BCUT2D eigenvalue weighted by Gasteiger charge is -2.13. The van der Waals surface area contributed by atoms with Crippen LogP contribution < -0.4 is 16.0 Å². The number of hydrogen-bond acceptors (Lipinski definition) is 5. The Morgan fingerprint density at radius 1 is 1.53 bits per heavy atom. The number of benzene rings is 1. The summed E-state index contributed by atoms with van der Waals surface area (Å²) in [6, 6.07) is 7.75. The molecule has 6 nitrogen and oxygen atoms in total. The van der Waals surface area contributed by atoms with Crippen molar-refractivity contribution in [1.82, 2.24) is 20.6 Å². The molecule has 0 spiro atoms. The first-order valence-electron chi connectivity index (χ1n) is 5.28. The van der Waals surface area contributed by atoms with Gasteiger partial charge in [-0.15, -0.1) is 0 Å². The van der Waals surface area contributed by atoms with Gasteiger partial charge >= 0.3 is 0 Å². The number of hydrogen-bond donors (Lipinski definition) is 3. The lowest BCUT2D eigenvalue weighted by molar-refractivity contribution is 0.413. The number of H-pyrrole nitrogens is 1. The molecule has 0 fully saturated rings. The highest BCUT2D eigenvalue weighted by Crippen LogP contribution is 2.18. The highest BCUT2D eigenvalue weighted by atomic mass is 16.5. The molecule has 0 saturated carbocycles. The minimum atomic E-state index is -0.0930. The van der Waals surface area contributed by atoms with Gasteiger partial charge in [-0.2, -0.15) is 5.10 Å². The van der Waals surface area contributed by atoms with E-state index in [0.29, 0.717) is 6.42 Å². The average molecular weight is 233 g/mol. The van der Waals surface area contributed by atoms with Crippen LogP contribution >= 0.6 is 0 Å². The van der Waals surface area contributed by atoms with Gasteiger partial charge < -0.3 is 4.74 Å². The number of nitrogens with two attached hydrogens (primary N) is 1. The molecule has 1 heterocycles. The summed E-state index contributed by atoms with van der Waals surface area (Å²) in [4.78, 5) is 4.09. The normalized spacial score (nSPS) is 12.4. The molecule has 1 aromatic heterocycles. The standard InChI is InChI=1S/C11H15N5O/c1-17-9-4-2-3-8(5-9)6-10(15-12)11-13-7-14-16-11/h2-5,7,10,15H,6,12H2,1H3,(H,13,14,16). The molecule has 0 amide bonds. The zero-order valence-electron chi connectivity index (χ0n) is 9.55. The number of nitrogens with one attached hydrogen (secondary N) is 2. The molecule has 0 aliphatic heterocycles. The summed E-state index contributed by atoms with van der Waals surface area (Å²) in [5.74, 6) is 7.06. The zero-order valence-corrected chi connectivity index (χ0v) is 9.55. The summed E-state index contributed by atoms with van der Waals surface area (Å²) in [7, 11) is 1.65. The van der Waals surface area contributed by atoms with E-state index >= 15 is 0 Å². The average Bonchev–Trinajstić information content (AvgIpc) is 2.90. The largest absolute Gasteiger partial charge is 0.497 e. The van der Waals surface area contributed by atoms with Crippen molar-refractivity contribution in [3.63, 3.8) is 0 Å². The Bertz CT molecular complexity index is 457. The predicted octanol–water partition coefficient (Wildman–Crippen LogP) is 0.560. The Morgan fingerprint density at radius 2 is 2.41 bits per heavy atom. The van der Waals surface area contributed by atoms with Gasteiger partial charge in [0.1, 0.15) is 17.9 Å². The van der Waals surface area contributed by atoms with Crippen molar-refractivity contribution in [3.8, 4) is 5.75 Å². The second-order valence-corrected chi connectivity index (χ2v) is 3.65. The van der Waals surface area contributed by atoms with Crippen molar-refractivity contribution >= 4 is 0 Å². The molecule has 0 radical (unpaired) electrons. The molecule has 0 aliphatic carbocycles. The van der Waals surface area contributed by atoms with Crippen LogP contribution in [-0.2, 0) is 6.42 Å². The molecule has 2 aromatic rings. The summed E-state index contributed by atoms with van der Waals surface area (Å²) in [5.41, 5.74) is 3.83. The lowest BCUT2D eigenvalue weighted by atomic mass is 10.1. The van der Waals surface area contributed by atoms with Crippen LogP contribution in [0.1, 0.15) is 17.4 Å². The summed E-state index contributed by atoms with van der Waals surface area (Å²) in [5, 5.41) is 6.61. The molecule has 0 saturated heterocycles. The maximum atomic E-state index is 5.51. The van der Waals surface area contributed by atoms with E-state index in [4.69, 9.17) is 10.6 Å². The molecule has 0 aliphatic rings. The molecule has 2 rings (SSSR count). The Hall–Kier alpha value is -1.92. The van der Waals surface area contributed by atoms with Crippen LogP contribution in [0, 0.1) is 0 Å². The predicted molar refractivity (Wildman–Crippen MR) is 63.1 cm³/mol. The highest BCUT2D eigenvalue weighted by molar-refractivity contribution is 5.29. The van der Waals surface area contributed by atoms with Gasteiger partial charge in [0.2, 0.25) is 0 Å². The molecule has 1 aromatic carbocycles. The monoisotopic (exact) mass is 233 g/mol. The van der Waals surface area contributed by atoms with Crippen LogP contribution in [0.4, 0.5) is 0 Å². The first-order chi connectivity index (χ1) is 8.33. The van der Waals surface area contributed by atoms with Gasteiger partial charge in [-0.3, -0.25) is 10.9 Å². The topological polar surface area (TPSA) is 88.8 Å². The van der Waals surface area contributed by atoms with Crippen molar-refractivity contribution in [1.29, 1.82) is 0 Å². The number of aromatic nitrogens is 3. The van der Waals surface area contributed by atoms with Gasteiger partial charge in [-0.1, -0.05) is 12.1 Å². The Labute approximate surface area is 99.2 Å². The zero-order chi connectivity index (χ0) is 12.1. The molecular weight excluding hydrogens is 218 g/mol. The molecule has 0 bridgehead atoms. The minimum Gasteiger partial charge on any atom is -0.497 e. The van der Waals surface area contributed by atoms with Crippen LogP contribution in [0.2, 0.25) is 0 Å². The number of aromatic amines is 1. The van der Waals surface area contributed by atoms with Crippen LogP contribution in [0.15, 0.2) is 30.6 Å². The fraction of sp³-hybridized carbons (Fsp3) is 0.273. The van der Waals surface area contributed by atoms with Crippen LogP contribution in [0.5, 0.6) is 5.75 Å². The molecule has 1 atom stereocenters. The lowest BCUT2D eigenvalue weighted by Crippen LogP contribution is -2.30. The maximum absolute atomic E-state index is 5.51. The fourth-order valence-corrected chi connectivity index (χ4v) is 1.65. The van der Waals surface area contributed by atoms with Crippen molar-refractivity contribution in [3.05, 3.63) is 42.0 Å². The summed E-state index contributed by atoms with van der Waals surface area (Å²) in [6.07, 6.45) is 2.17. The van der Waals surface area contributed by atoms with E-state index in [0.717, 1.165) is 17.1 Å². The van der Waals surface area contributed by atoms with Gasteiger partial charge in [-0.25, -0.2) is 10.4 Å². The third-order valence-corrected chi connectivity index (χ3v) is 2.54. The van der Waals surface area contributed by atoms with Crippen molar-refractivity contribution in [2.45, 2.75) is 12.5 Å². The van der Waals surface area contributed by atoms with Gasteiger partial charge in [-0.05, 0) is 24.1 Å². The third kappa shape index (κ3) is 2.80. The van der Waals surface area contributed by atoms with Crippen LogP contribution in [0.3, 0.4) is 0 Å². The quantitative estimate of drug-likeness (QED) is 0.518. The summed E-state index contributed by atoms with van der Waals surface area (Å²) < 4.78 is 5.17. The second kappa shape index (κ2) is 5.42. The molecule has 4 N–H and O–H groups in total. The third-order valence-electron chi connectivity index (χ3n) is 2.54. The van der Waals surface area contributed by atoms with Crippen molar-refractivity contribution < 1.29 is 4.74 Å². The molecule has 17 heavy (non-hydrogen) atoms. The van der Waals surface area contributed by atoms with Crippen molar-refractivity contribution in [2.75, 3.05) is 7.11 Å². The smallest absolute Gasteiger partial charge is 0.143 e. The van der Waals surface area contributed by atoms with Gasteiger partial charge in [0.15, 0.2) is 0 Å². The maximum Gasteiger partial charge on any atom is 0.143 e. The van der Waals surface area contributed by atoms with E-state index in [-0.39, 0.29) is 6.04 Å². The van der Waals surface area contributed by atoms with E-state index in [1.807, 2.05) is 24.3 Å². The SMILES string of the molecule is COc1cccc(CC(NN)c2ncn[nH]2)c1. The summed E-state index contributed by atoms with van der Waals surface area (Å²) in [6.45, 7) is 0. The first kappa shape index (κ1) is 11.6. The Balaban J connectivity index is 2.13. The van der Waals surface area contributed by atoms with E-state index < -0.39 is 0 Å². The second-order valence-electron chi connectivity index (χ2n) is 3.65. The van der Waals surface area contributed by atoms with E-state index in [2.05, 4.69) is 20.6 Å². The number of methoxy groups -OCH3 is 1. The number of nitrogens with zero attached hydrogens (tertiary/aromatic N) is 2. The summed E-state index contributed by atoms with van der Waals surface area (Å²) >= 11 is 0. The van der Waals surface area contributed by atoms with Gasteiger partial charge in [0, 0.05) is 0 Å². The highest BCUT2D eigenvalue weighted by Gasteiger charge is 2.13. The van der Waals surface area contributed by atoms with Crippen LogP contribution in [-0.4, -0.2) is 22.3 Å². The Morgan fingerprint density at radius 3 is 3.06 bits per heavy atom. The minimum absolute atomic E-state index is 0.0930. The molecule has 6 heteroatoms. The van der Waals surface area contributed by atoms with Crippen LogP contribution in [0.25, 0.3) is 0 Å². The number of rotatable bonds is 5. The Kier molecular flexibility index (Phi) is 3.69. The number of ether oxygens (including phenoxy) is 1. The fourth-order valence-electron chi connectivity index (χ4n) is 1.65. The van der Waals surface area contributed by atoms with E-state index in [1.165, 1.54) is 6.33 Å². The van der Waals surface area contributed by atoms with E-state index in [9.17, 15) is 0 Å². The van der Waals surface area contributed by atoms with E-state index in [1.54, 1.807) is 7.11 Å². The van der Waals surface area contributed by atoms with Gasteiger partial charge in [0.05, 0.1) is 13.2 Å². The number of hydrazine groups is 1. The van der Waals surface area contributed by atoms with Crippen molar-refractivity contribution in [2.24, 2.45) is 5.84 Å². The molecular formula is C11H15N5O. The molecule has 1 unspecified atom stereocenters. The first-order valence-corrected chi connectivity index (χ1v) is 5.28. The molecule has 90 valence electrons. The van der Waals surface area contributed by atoms with Gasteiger partial charge in [0.25, 0.3) is 0 Å².